The molecule has 0 aliphatic carbocycles. The molecule has 1 N–H and O–H groups in total. The number of piperazine rings is 1. The van der Waals surface area contributed by atoms with Crippen molar-refractivity contribution in [3.63, 3.8) is 0 Å². The molecule has 26 heavy (non-hydrogen) atoms. The fraction of sp³-hybridized carbons (Fsp3) is 0.412. The average molecular weight is 358 g/mol. The van der Waals surface area contributed by atoms with Crippen molar-refractivity contribution >= 4 is 17.4 Å². The molecule has 1 aliphatic rings. The predicted octanol–water partition coefficient (Wildman–Crippen LogP) is 2.16. The van der Waals surface area contributed by atoms with Gasteiger partial charge < -0.3 is 10.2 Å². The molecule has 3 rings (SSSR count). The summed E-state index contributed by atoms with van der Waals surface area (Å²) in [4.78, 5) is 26.8. The Labute approximate surface area is 151 Å². The van der Waals surface area contributed by atoms with Crippen molar-refractivity contribution in [3.05, 3.63) is 52.3 Å². The minimum Gasteiger partial charge on any atom is -0.322 e. The van der Waals surface area contributed by atoms with Crippen molar-refractivity contribution < 1.29 is 9.72 Å². The van der Waals surface area contributed by atoms with Gasteiger partial charge in [0.15, 0.2) is 0 Å². The van der Waals surface area contributed by atoms with Gasteiger partial charge in [-0.05, 0) is 12.5 Å². The molecule has 0 bridgehead atoms. The minimum atomic E-state index is -0.382. The van der Waals surface area contributed by atoms with Crippen molar-refractivity contribution in [2.45, 2.75) is 20.0 Å². The summed E-state index contributed by atoms with van der Waals surface area (Å²) in [5.74, 6) is 0. The predicted molar refractivity (Wildman–Crippen MR) is 96.9 cm³/mol. The van der Waals surface area contributed by atoms with Crippen LogP contribution in [0.15, 0.2) is 36.7 Å². The Morgan fingerprint density at radius 2 is 2.08 bits per heavy atom. The number of amides is 2. The van der Waals surface area contributed by atoms with Gasteiger partial charge in [-0.1, -0.05) is 12.1 Å². The van der Waals surface area contributed by atoms with Gasteiger partial charge in [-0.3, -0.25) is 19.7 Å². The Balaban J connectivity index is 1.50. The molecule has 9 heteroatoms. The third-order valence-electron chi connectivity index (χ3n) is 4.40. The number of nitro benzene ring substituents is 1. The van der Waals surface area contributed by atoms with Gasteiger partial charge in [0, 0.05) is 57.6 Å². The number of urea groups is 1. The number of non-ortho nitro benzene ring substituents is 1. The number of hydrogen-bond acceptors (Lipinski definition) is 5. The number of aromatic nitrogens is 2. The topological polar surface area (TPSA) is 96.5 Å². The summed E-state index contributed by atoms with van der Waals surface area (Å²) >= 11 is 0. The van der Waals surface area contributed by atoms with E-state index < -0.39 is 0 Å². The largest absolute Gasteiger partial charge is 0.322 e. The second-order valence-corrected chi connectivity index (χ2v) is 6.21. The number of nitrogens with zero attached hydrogens (tertiary/aromatic N) is 5. The number of benzene rings is 1. The van der Waals surface area contributed by atoms with Gasteiger partial charge in [-0.25, -0.2) is 4.79 Å². The van der Waals surface area contributed by atoms with Crippen LogP contribution in [-0.2, 0) is 13.1 Å². The van der Waals surface area contributed by atoms with Gasteiger partial charge in [0.2, 0.25) is 0 Å². The SMILES string of the molecule is CCn1cc(NC(=O)N2CCN(Cc3cccc([N+](=O)[O-])c3)CC2)cn1. The van der Waals surface area contributed by atoms with Crippen LogP contribution in [0.5, 0.6) is 0 Å². The van der Waals surface area contributed by atoms with Crippen LogP contribution in [0.25, 0.3) is 0 Å². The first-order valence-electron chi connectivity index (χ1n) is 8.59. The van der Waals surface area contributed by atoms with E-state index in [1.807, 2.05) is 13.0 Å². The fourth-order valence-corrected chi connectivity index (χ4v) is 2.94. The monoisotopic (exact) mass is 358 g/mol. The van der Waals surface area contributed by atoms with E-state index in [1.165, 1.54) is 6.07 Å². The number of rotatable bonds is 5. The lowest BCUT2D eigenvalue weighted by atomic mass is 10.2. The summed E-state index contributed by atoms with van der Waals surface area (Å²) in [5.41, 5.74) is 1.70. The van der Waals surface area contributed by atoms with Crippen LogP contribution in [0.2, 0.25) is 0 Å². The van der Waals surface area contributed by atoms with E-state index in [-0.39, 0.29) is 16.6 Å². The summed E-state index contributed by atoms with van der Waals surface area (Å²) in [7, 11) is 0. The van der Waals surface area contributed by atoms with Crippen LogP contribution < -0.4 is 5.32 Å². The highest BCUT2D eigenvalue weighted by atomic mass is 16.6. The number of nitro groups is 1. The third kappa shape index (κ3) is 4.37. The maximum absolute atomic E-state index is 12.3. The molecule has 0 spiro atoms. The Morgan fingerprint density at radius 3 is 2.73 bits per heavy atom. The number of carbonyl (C=O) groups is 1. The molecule has 138 valence electrons. The molecule has 2 heterocycles. The zero-order valence-corrected chi connectivity index (χ0v) is 14.7. The molecule has 0 radical (unpaired) electrons. The van der Waals surface area contributed by atoms with E-state index in [2.05, 4.69) is 15.3 Å². The van der Waals surface area contributed by atoms with Gasteiger partial charge in [0.1, 0.15) is 0 Å². The van der Waals surface area contributed by atoms with Crippen molar-refractivity contribution in [1.82, 2.24) is 19.6 Å². The summed E-state index contributed by atoms with van der Waals surface area (Å²) in [6, 6.07) is 6.55. The highest BCUT2D eigenvalue weighted by Crippen LogP contribution is 2.16. The molecule has 1 fully saturated rings. The Bertz CT molecular complexity index is 782. The molecule has 1 saturated heterocycles. The molecule has 1 aromatic heterocycles. The number of anilines is 1. The Hall–Kier alpha value is -2.94. The summed E-state index contributed by atoms with van der Waals surface area (Å²) in [5, 5.41) is 17.9. The van der Waals surface area contributed by atoms with Gasteiger partial charge in [0.05, 0.1) is 16.8 Å². The molecule has 0 unspecified atom stereocenters. The summed E-state index contributed by atoms with van der Waals surface area (Å²) < 4.78 is 1.76. The smallest absolute Gasteiger partial charge is 0.322 e. The maximum Gasteiger partial charge on any atom is 0.322 e. The normalized spacial score (nSPS) is 15.0. The molecular weight excluding hydrogens is 336 g/mol. The Kier molecular flexibility index (Phi) is 5.47. The first-order chi connectivity index (χ1) is 12.5. The van der Waals surface area contributed by atoms with Crippen LogP contribution in [0, 0.1) is 10.1 Å². The number of aryl methyl sites for hydroxylation is 1. The lowest BCUT2D eigenvalue weighted by Crippen LogP contribution is -2.49. The summed E-state index contributed by atoms with van der Waals surface area (Å²) in [6.07, 6.45) is 3.44. The lowest BCUT2D eigenvalue weighted by molar-refractivity contribution is -0.384. The van der Waals surface area contributed by atoms with E-state index in [4.69, 9.17) is 0 Å². The fourth-order valence-electron chi connectivity index (χ4n) is 2.94. The van der Waals surface area contributed by atoms with Gasteiger partial charge in [-0.2, -0.15) is 5.10 Å². The maximum atomic E-state index is 12.3. The van der Waals surface area contributed by atoms with E-state index in [1.54, 1.807) is 34.1 Å². The van der Waals surface area contributed by atoms with Crippen LogP contribution >= 0.6 is 0 Å². The minimum absolute atomic E-state index is 0.105. The van der Waals surface area contributed by atoms with Gasteiger partial charge >= 0.3 is 6.03 Å². The zero-order valence-electron chi connectivity index (χ0n) is 14.7. The highest BCUT2D eigenvalue weighted by molar-refractivity contribution is 5.89. The number of carbonyl (C=O) groups excluding carboxylic acids is 1. The molecule has 1 aromatic carbocycles. The zero-order chi connectivity index (χ0) is 18.5. The number of hydrogen-bond donors (Lipinski definition) is 1. The molecule has 2 amide bonds. The first kappa shape index (κ1) is 17.9. The standard InChI is InChI=1S/C17H22N6O3/c1-2-22-13-15(11-18-22)19-17(24)21-8-6-20(7-9-21)12-14-4-3-5-16(10-14)23(25)26/h3-5,10-11,13H,2,6-9,12H2,1H3,(H,19,24). The van der Waals surface area contributed by atoms with Gasteiger partial charge in [-0.15, -0.1) is 0 Å². The lowest BCUT2D eigenvalue weighted by Gasteiger charge is -2.34. The quantitative estimate of drug-likeness (QED) is 0.653. The van der Waals surface area contributed by atoms with Crippen molar-refractivity contribution in [2.75, 3.05) is 31.5 Å². The first-order valence-corrected chi connectivity index (χ1v) is 8.59. The van der Waals surface area contributed by atoms with E-state index in [9.17, 15) is 14.9 Å². The molecule has 0 saturated carbocycles. The molecule has 9 nitrogen and oxygen atoms in total. The Morgan fingerprint density at radius 1 is 1.31 bits per heavy atom. The third-order valence-corrected chi connectivity index (χ3v) is 4.40. The van der Waals surface area contributed by atoms with Crippen LogP contribution in [0.3, 0.4) is 0 Å². The van der Waals surface area contributed by atoms with Crippen molar-refractivity contribution in [2.24, 2.45) is 0 Å². The van der Waals surface area contributed by atoms with Crippen molar-refractivity contribution in [1.29, 1.82) is 0 Å². The van der Waals surface area contributed by atoms with E-state index in [0.717, 1.165) is 25.2 Å². The van der Waals surface area contributed by atoms with E-state index in [0.29, 0.717) is 25.3 Å². The molecule has 2 aromatic rings. The average Bonchev–Trinajstić information content (AvgIpc) is 3.10. The van der Waals surface area contributed by atoms with Crippen LogP contribution in [0.4, 0.5) is 16.2 Å². The summed E-state index contributed by atoms with van der Waals surface area (Å²) in [6.45, 7) is 6.06. The van der Waals surface area contributed by atoms with E-state index >= 15 is 0 Å². The molecule has 1 aliphatic heterocycles. The number of nitrogens with one attached hydrogen (secondary N) is 1. The van der Waals surface area contributed by atoms with Crippen LogP contribution in [0.1, 0.15) is 12.5 Å². The highest BCUT2D eigenvalue weighted by Gasteiger charge is 2.21. The van der Waals surface area contributed by atoms with Gasteiger partial charge in [0.25, 0.3) is 5.69 Å². The second kappa shape index (κ2) is 7.96. The molecular formula is C17H22N6O3. The van der Waals surface area contributed by atoms with Crippen LogP contribution in [-0.4, -0.2) is 56.7 Å². The second-order valence-electron chi connectivity index (χ2n) is 6.21. The molecule has 0 atom stereocenters. The van der Waals surface area contributed by atoms with Crippen molar-refractivity contribution in [3.8, 4) is 0 Å².